The Morgan fingerprint density at radius 1 is 1.41 bits per heavy atom. The number of ether oxygens (including phenoxy) is 1. The number of piperazine rings is 1. The zero-order valence-corrected chi connectivity index (χ0v) is 10.7. The highest BCUT2D eigenvalue weighted by Gasteiger charge is 2.31. The summed E-state index contributed by atoms with van der Waals surface area (Å²) in [5.41, 5.74) is 0. The second-order valence-electron chi connectivity index (χ2n) is 4.37. The van der Waals surface area contributed by atoms with Crippen molar-refractivity contribution in [2.24, 2.45) is 0 Å². The molecule has 2 amide bonds. The molecule has 0 aromatic carbocycles. The smallest absolute Gasteiger partial charge is 0.245 e. The molecule has 1 unspecified atom stereocenters. The summed E-state index contributed by atoms with van der Waals surface area (Å²) in [5.74, 6) is 0.0126. The number of carbonyl (C=O) groups is 2. The van der Waals surface area contributed by atoms with E-state index in [4.69, 9.17) is 4.74 Å². The second kappa shape index (κ2) is 7.27. The fourth-order valence-electron chi connectivity index (χ4n) is 2.00. The van der Waals surface area contributed by atoms with Crippen molar-refractivity contribution in [2.75, 3.05) is 26.8 Å². The van der Waals surface area contributed by atoms with Gasteiger partial charge in [0, 0.05) is 20.3 Å². The summed E-state index contributed by atoms with van der Waals surface area (Å²) in [6.07, 6.45) is 3.42. The molecule has 0 bridgehead atoms. The van der Waals surface area contributed by atoms with Gasteiger partial charge in [-0.05, 0) is 19.3 Å². The summed E-state index contributed by atoms with van der Waals surface area (Å²) in [5, 5.41) is 2.74. The van der Waals surface area contributed by atoms with Gasteiger partial charge in [-0.15, -0.1) is 0 Å². The molecule has 1 saturated heterocycles. The first-order valence-electron chi connectivity index (χ1n) is 6.26. The van der Waals surface area contributed by atoms with Gasteiger partial charge in [0.15, 0.2) is 0 Å². The number of nitrogens with zero attached hydrogens (tertiary/aromatic N) is 1. The minimum Gasteiger partial charge on any atom is -0.385 e. The van der Waals surface area contributed by atoms with Crippen molar-refractivity contribution in [2.45, 2.75) is 38.6 Å². The van der Waals surface area contributed by atoms with Gasteiger partial charge in [0.2, 0.25) is 11.8 Å². The van der Waals surface area contributed by atoms with Crippen LogP contribution in [0, 0.1) is 0 Å². The van der Waals surface area contributed by atoms with Gasteiger partial charge in [0.25, 0.3) is 0 Å². The standard InChI is InChI=1S/C12H22N2O3/c1-3-6-10-12(16)14(9-11(15)13-10)7-4-5-8-17-2/h10H,3-9H2,1-2H3,(H,13,15). The molecule has 0 radical (unpaired) electrons. The highest BCUT2D eigenvalue weighted by Crippen LogP contribution is 2.09. The van der Waals surface area contributed by atoms with E-state index in [0.717, 1.165) is 25.7 Å². The first-order chi connectivity index (χ1) is 8.19. The minimum absolute atomic E-state index is 0.0465. The molecule has 1 aliphatic rings. The monoisotopic (exact) mass is 242 g/mol. The van der Waals surface area contributed by atoms with Gasteiger partial charge in [-0.1, -0.05) is 13.3 Å². The predicted octanol–water partition coefficient (Wildman–Crippen LogP) is 0.540. The number of carbonyl (C=O) groups excluding carboxylic acids is 2. The molecule has 1 fully saturated rings. The van der Waals surface area contributed by atoms with Gasteiger partial charge in [0.1, 0.15) is 6.04 Å². The molecular weight excluding hydrogens is 220 g/mol. The molecule has 1 N–H and O–H groups in total. The van der Waals surface area contributed by atoms with Crippen LogP contribution in [0.1, 0.15) is 32.6 Å². The quantitative estimate of drug-likeness (QED) is 0.663. The van der Waals surface area contributed by atoms with Crippen molar-refractivity contribution >= 4 is 11.8 Å². The molecule has 0 aliphatic carbocycles. The lowest BCUT2D eigenvalue weighted by atomic mass is 10.1. The number of nitrogens with one attached hydrogen (secondary N) is 1. The van der Waals surface area contributed by atoms with Crippen molar-refractivity contribution < 1.29 is 14.3 Å². The van der Waals surface area contributed by atoms with Crippen LogP contribution in [0.5, 0.6) is 0 Å². The number of amides is 2. The van der Waals surface area contributed by atoms with Crippen LogP contribution in [-0.4, -0.2) is 49.6 Å². The molecule has 0 aromatic heterocycles. The first kappa shape index (κ1) is 14.0. The van der Waals surface area contributed by atoms with E-state index in [9.17, 15) is 9.59 Å². The van der Waals surface area contributed by atoms with Crippen molar-refractivity contribution in [1.82, 2.24) is 10.2 Å². The van der Waals surface area contributed by atoms with Crippen LogP contribution in [0.4, 0.5) is 0 Å². The molecule has 0 saturated carbocycles. The van der Waals surface area contributed by atoms with Gasteiger partial charge in [-0.25, -0.2) is 0 Å². The van der Waals surface area contributed by atoms with Crippen molar-refractivity contribution in [3.05, 3.63) is 0 Å². The van der Waals surface area contributed by atoms with E-state index >= 15 is 0 Å². The Bertz CT molecular complexity index is 268. The van der Waals surface area contributed by atoms with Crippen molar-refractivity contribution in [3.63, 3.8) is 0 Å². The molecular formula is C12H22N2O3. The number of hydrogen-bond donors (Lipinski definition) is 1. The van der Waals surface area contributed by atoms with Crippen LogP contribution in [0.2, 0.25) is 0 Å². The molecule has 17 heavy (non-hydrogen) atoms. The number of rotatable bonds is 7. The molecule has 5 nitrogen and oxygen atoms in total. The molecule has 0 aromatic rings. The Hall–Kier alpha value is -1.10. The topological polar surface area (TPSA) is 58.6 Å². The molecule has 98 valence electrons. The van der Waals surface area contributed by atoms with Gasteiger partial charge >= 0.3 is 0 Å². The molecule has 0 spiro atoms. The van der Waals surface area contributed by atoms with Crippen LogP contribution < -0.4 is 5.32 Å². The lowest BCUT2D eigenvalue weighted by Crippen LogP contribution is -2.58. The zero-order chi connectivity index (χ0) is 12.7. The van der Waals surface area contributed by atoms with Crippen LogP contribution in [0.25, 0.3) is 0 Å². The fraction of sp³-hybridized carbons (Fsp3) is 0.833. The Morgan fingerprint density at radius 3 is 2.82 bits per heavy atom. The normalized spacial score (nSPS) is 20.6. The van der Waals surface area contributed by atoms with Gasteiger partial charge < -0.3 is 15.0 Å². The van der Waals surface area contributed by atoms with E-state index < -0.39 is 0 Å². The SMILES string of the molecule is CCCC1NC(=O)CN(CCCCOC)C1=O. The number of methoxy groups -OCH3 is 1. The summed E-state index contributed by atoms with van der Waals surface area (Å²) in [6.45, 7) is 3.56. The van der Waals surface area contributed by atoms with E-state index in [-0.39, 0.29) is 24.4 Å². The summed E-state index contributed by atoms with van der Waals surface area (Å²) in [6, 6.07) is -0.316. The predicted molar refractivity (Wildman–Crippen MR) is 64.5 cm³/mol. The molecule has 1 atom stereocenters. The maximum atomic E-state index is 12.0. The zero-order valence-electron chi connectivity index (χ0n) is 10.7. The van der Waals surface area contributed by atoms with Gasteiger partial charge in [-0.2, -0.15) is 0 Å². The van der Waals surface area contributed by atoms with Crippen LogP contribution in [0.3, 0.4) is 0 Å². The van der Waals surface area contributed by atoms with Crippen molar-refractivity contribution in [3.8, 4) is 0 Å². The molecule has 5 heteroatoms. The van der Waals surface area contributed by atoms with Crippen LogP contribution >= 0.6 is 0 Å². The third-order valence-corrected chi connectivity index (χ3v) is 2.88. The summed E-state index contributed by atoms with van der Waals surface area (Å²) in [4.78, 5) is 25.1. The number of unbranched alkanes of at least 4 members (excludes halogenated alkanes) is 1. The van der Waals surface area contributed by atoms with Crippen LogP contribution in [0.15, 0.2) is 0 Å². The maximum absolute atomic E-state index is 12.0. The largest absolute Gasteiger partial charge is 0.385 e. The molecule has 1 rings (SSSR count). The summed E-state index contributed by atoms with van der Waals surface area (Å²) >= 11 is 0. The van der Waals surface area contributed by atoms with E-state index in [1.807, 2.05) is 6.92 Å². The number of hydrogen-bond acceptors (Lipinski definition) is 3. The second-order valence-corrected chi connectivity index (χ2v) is 4.37. The van der Waals surface area contributed by atoms with E-state index in [1.165, 1.54) is 0 Å². The lowest BCUT2D eigenvalue weighted by Gasteiger charge is -2.32. The Balaban J connectivity index is 2.41. The van der Waals surface area contributed by atoms with Crippen molar-refractivity contribution in [1.29, 1.82) is 0 Å². The van der Waals surface area contributed by atoms with E-state index in [0.29, 0.717) is 13.2 Å². The van der Waals surface area contributed by atoms with E-state index in [2.05, 4.69) is 5.32 Å². The highest BCUT2D eigenvalue weighted by atomic mass is 16.5. The Kier molecular flexibility index (Phi) is 5.97. The summed E-state index contributed by atoms with van der Waals surface area (Å²) in [7, 11) is 1.66. The molecule has 1 aliphatic heterocycles. The van der Waals surface area contributed by atoms with Gasteiger partial charge in [0.05, 0.1) is 6.54 Å². The third-order valence-electron chi connectivity index (χ3n) is 2.88. The maximum Gasteiger partial charge on any atom is 0.245 e. The Labute approximate surface area is 102 Å². The Morgan fingerprint density at radius 2 is 2.18 bits per heavy atom. The average molecular weight is 242 g/mol. The van der Waals surface area contributed by atoms with Crippen LogP contribution in [-0.2, 0) is 14.3 Å². The lowest BCUT2D eigenvalue weighted by molar-refractivity contribution is -0.144. The third kappa shape index (κ3) is 4.34. The van der Waals surface area contributed by atoms with E-state index in [1.54, 1.807) is 12.0 Å². The molecule has 1 heterocycles. The van der Waals surface area contributed by atoms with Gasteiger partial charge in [-0.3, -0.25) is 9.59 Å². The first-order valence-corrected chi connectivity index (χ1v) is 6.26. The average Bonchev–Trinajstić information content (AvgIpc) is 2.30. The fourth-order valence-corrected chi connectivity index (χ4v) is 2.00. The minimum atomic E-state index is -0.316. The summed E-state index contributed by atoms with van der Waals surface area (Å²) < 4.78 is 4.96. The highest BCUT2D eigenvalue weighted by molar-refractivity contribution is 5.94.